The van der Waals surface area contributed by atoms with Crippen molar-refractivity contribution in [3.8, 4) is 0 Å². The summed E-state index contributed by atoms with van der Waals surface area (Å²) in [5, 5.41) is 9.35. The number of carbonyl (C=O) groups is 1. The van der Waals surface area contributed by atoms with E-state index in [1.165, 1.54) is 12.4 Å². The fraction of sp³-hybridized carbons (Fsp3) is 0.310. The summed E-state index contributed by atoms with van der Waals surface area (Å²) in [6.07, 6.45) is 2.37. The van der Waals surface area contributed by atoms with Crippen LogP contribution in [-0.4, -0.2) is 58.1 Å². The van der Waals surface area contributed by atoms with Gasteiger partial charge < -0.3 is 25.8 Å². The van der Waals surface area contributed by atoms with Gasteiger partial charge in [0.2, 0.25) is 5.95 Å². The minimum absolute atomic E-state index is 0.0741. The van der Waals surface area contributed by atoms with E-state index in [1.807, 2.05) is 24.0 Å². The van der Waals surface area contributed by atoms with Gasteiger partial charge in [-0.25, -0.2) is 15.0 Å². The van der Waals surface area contributed by atoms with Crippen LogP contribution in [0.25, 0.3) is 0 Å². The number of alkyl halides is 3. The summed E-state index contributed by atoms with van der Waals surface area (Å²) in [7, 11) is 0. The van der Waals surface area contributed by atoms with Crippen LogP contribution in [0.4, 0.5) is 47.8 Å². The number of rotatable bonds is 8. The van der Waals surface area contributed by atoms with Gasteiger partial charge in [-0.15, -0.1) is 0 Å². The third-order valence-electron chi connectivity index (χ3n) is 7.20. The van der Waals surface area contributed by atoms with Crippen LogP contribution in [0.5, 0.6) is 0 Å². The molecule has 1 saturated carbocycles. The number of hydrogen-bond donors (Lipinski definition) is 4. The lowest BCUT2D eigenvalue weighted by Crippen LogP contribution is -2.43. The van der Waals surface area contributed by atoms with Crippen molar-refractivity contribution in [2.75, 3.05) is 46.6 Å². The maximum atomic E-state index is 13.8. The molecular formula is C29H30F3N9O. The molecule has 0 unspecified atom stereocenters. The van der Waals surface area contributed by atoms with E-state index in [0.29, 0.717) is 66.9 Å². The van der Waals surface area contributed by atoms with Crippen LogP contribution in [0.15, 0.2) is 61.2 Å². The molecule has 2 aromatic heterocycles. The number of anilines is 6. The molecule has 0 bridgehead atoms. The van der Waals surface area contributed by atoms with E-state index in [4.69, 9.17) is 0 Å². The molecule has 218 valence electrons. The Morgan fingerprint density at radius 1 is 1.05 bits per heavy atom. The van der Waals surface area contributed by atoms with Crippen LogP contribution >= 0.6 is 0 Å². The van der Waals surface area contributed by atoms with Gasteiger partial charge in [-0.05, 0) is 55.7 Å². The molecule has 2 aromatic carbocycles. The Labute approximate surface area is 240 Å². The van der Waals surface area contributed by atoms with E-state index < -0.39 is 17.6 Å². The van der Waals surface area contributed by atoms with Gasteiger partial charge in [-0.1, -0.05) is 6.07 Å². The second-order valence-corrected chi connectivity index (χ2v) is 10.4. The van der Waals surface area contributed by atoms with Crippen LogP contribution in [0.2, 0.25) is 0 Å². The molecule has 13 heteroatoms. The molecule has 4 N–H and O–H groups in total. The number of carbonyl (C=O) groups excluding carboxylic acids is 1. The minimum atomic E-state index is -4.59. The molecule has 2 fully saturated rings. The highest BCUT2D eigenvalue weighted by molar-refractivity contribution is 6.05. The summed E-state index contributed by atoms with van der Waals surface area (Å²) in [6, 6.07) is 11.0. The van der Waals surface area contributed by atoms with Crippen molar-refractivity contribution in [2.24, 2.45) is 0 Å². The summed E-state index contributed by atoms with van der Waals surface area (Å²) >= 11 is 0. The van der Waals surface area contributed by atoms with Gasteiger partial charge in [0, 0.05) is 67.6 Å². The predicted molar refractivity (Wildman–Crippen MR) is 155 cm³/mol. The number of aryl methyl sites for hydroxylation is 1. The molecule has 1 amide bonds. The van der Waals surface area contributed by atoms with Gasteiger partial charge in [-0.3, -0.25) is 9.69 Å². The number of imidazole rings is 1. The number of benzene rings is 2. The summed E-state index contributed by atoms with van der Waals surface area (Å²) in [4.78, 5) is 33.4. The highest BCUT2D eigenvalue weighted by Gasteiger charge is 2.33. The van der Waals surface area contributed by atoms with Crippen LogP contribution in [0.3, 0.4) is 0 Å². The monoisotopic (exact) mass is 577 g/mol. The lowest BCUT2D eigenvalue weighted by Gasteiger charge is -2.30. The number of halogens is 3. The van der Waals surface area contributed by atoms with Crippen LogP contribution < -0.4 is 25.8 Å². The minimum Gasteiger partial charge on any atom is -0.369 e. The van der Waals surface area contributed by atoms with Gasteiger partial charge in [0.25, 0.3) is 5.91 Å². The molecular weight excluding hydrogens is 547 g/mol. The Kier molecular flexibility index (Phi) is 7.42. The molecule has 1 aliphatic carbocycles. The predicted octanol–water partition coefficient (Wildman–Crippen LogP) is 5.23. The smallest absolute Gasteiger partial charge is 0.369 e. The van der Waals surface area contributed by atoms with E-state index in [-0.39, 0.29) is 5.56 Å². The zero-order valence-corrected chi connectivity index (χ0v) is 22.9. The first kappa shape index (κ1) is 27.5. The Hall–Kier alpha value is -4.65. The van der Waals surface area contributed by atoms with Gasteiger partial charge in [0.05, 0.1) is 11.3 Å². The number of hydrogen-bond acceptors (Lipinski definition) is 8. The summed E-state index contributed by atoms with van der Waals surface area (Å²) < 4.78 is 41.4. The first-order valence-electron chi connectivity index (χ1n) is 13.7. The second kappa shape index (κ2) is 11.3. The van der Waals surface area contributed by atoms with Gasteiger partial charge in [-0.2, -0.15) is 13.2 Å². The van der Waals surface area contributed by atoms with Crippen LogP contribution in [-0.2, 0) is 6.18 Å². The fourth-order valence-corrected chi connectivity index (χ4v) is 4.85. The van der Waals surface area contributed by atoms with E-state index >= 15 is 0 Å². The number of H-pyrrole nitrogens is 1. The summed E-state index contributed by atoms with van der Waals surface area (Å²) in [5.41, 5.74) is 1.36. The topological polar surface area (TPSA) is 114 Å². The Morgan fingerprint density at radius 3 is 2.57 bits per heavy atom. The van der Waals surface area contributed by atoms with E-state index in [1.54, 1.807) is 29.4 Å². The first-order chi connectivity index (χ1) is 20.2. The molecule has 10 nitrogen and oxygen atoms in total. The summed E-state index contributed by atoms with van der Waals surface area (Å²) in [5.74, 6) is 1.09. The number of nitrogens with one attached hydrogen (secondary N) is 4. The van der Waals surface area contributed by atoms with Crippen molar-refractivity contribution in [1.82, 2.24) is 25.3 Å². The van der Waals surface area contributed by atoms with Gasteiger partial charge in [0.15, 0.2) is 0 Å². The van der Waals surface area contributed by atoms with Gasteiger partial charge >= 0.3 is 6.18 Å². The lowest BCUT2D eigenvalue weighted by molar-refractivity contribution is -0.137. The van der Waals surface area contributed by atoms with Crippen molar-refractivity contribution in [3.63, 3.8) is 0 Å². The lowest BCUT2D eigenvalue weighted by atomic mass is 10.1. The molecule has 42 heavy (non-hydrogen) atoms. The Balaban J connectivity index is 1.32. The van der Waals surface area contributed by atoms with Crippen LogP contribution in [0, 0.1) is 6.92 Å². The average Bonchev–Trinajstić information content (AvgIpc) is 3.64. The Morgan fingerprint density at radius 2 is 1.86 bits per heavy atom. The molecule has 0 atom stereocenters. The number of amides is 1. The van der Waals surface area contributed by atoms with Gasteiger partial charge in [0.1, 0.15) is 18.0 Å². The maximum Gasteiger partial charge on any atom is 0.416 e. The van der Waals surface area contributed by atoms with Crippen molar-refractivity contribution >= 4 is 40.6 Å². The first-order valence-corrected chi connectivity index (χ1v) is 13.7. The molecule has 2 aliphatic rings. The van der Waals surface area contributed by atoms with E-state index in [2.05, 4.69) is 35.9 Å². The Bertz CT molecular complexity index is 1570. The number of aromatic nitrogens is 4. The number of piperazine rings is 1. The maximum absolute atomic E-state index is 13.8. The SMILES string of the molecule is Cc1ccc(NC(=O)c2cc(N3CCNCC3)cc(C(F)(F)F)c2)cc1N(c1cc(NC2CC2)ncn1)c1ncc[nH]1. The molecule has 3 heterocycles. The highest BCUT2D eigenvalue weighted by Crippen LogP contribution is 2.37. The third-order valence-corrected chi connectivity index (χ3v) is 7.20. The van der Waals surface area contributed by atoms with E-state index in [9.17, 15) is 18.0 Å². The standard InChI is InChI=1S/C29H30F3N9O/c1-18-2-3-22(39-27(42)19-12-20(29(30,31)32)14-23(13-19)40-10-8-33-9-11-40)15-24(18)41(28-34-6-7-35-28)26-16-25(36-17-37-26)38-21-4-5-21/h2-3,6-7,12-17,21,33H,4-5,8-11H2,1H3,(H,34,35)(H,39,42)(H,36,37,38). The molecule has 4 aromatic rings. The number of aromatic amines is 1. The van der Waals surface area contributed by atoms with Crippen molar-refractivity contribution in [3.05, 3.63) is 77.9 Å². The zero-order valence-electron chi connectivity index (χ0n) is 22.9. The van der Waals surface area contributed by atoms with Crippen molar-refractivity contribution in [2.45, 2.75) is 32.0 Å². The second-order valence-electron chi connectivity index (χ2n) is 10.4. The molecule has 1 aliphatic heterocycles. The molecule has 6 rings (SSSR count). The largest absolute Gasteiger partial charge is 0.416 e. The zero-order chi connectivity index (χ0) is 29.3. The molecule has 0 spiro atoms. The normalized spacial score (nSPS) is 15.4. The quantitative estimate of drug-likeness (QED) is 0.225. The van der Waals surface area contributed by atoms with Crippen LogP contribution in [0.1, 0.15) is 34.3 Å². The van der Waals surface area contributed by atoms with Crippen molar-refractivity contribution in [1.29, 1.82) is 0 Å². The van der Waals surface area contributed by atoms with E-state index in [0.717, 1.165) is 30.5 Å². The highest BCUT2D eigenvalue weighted by atomic mass is 19.4. The molecule has 1 saturated heterocycles. The summed E-state index contributed by atoms with van der Waals surface area (Å²) in [6.45, 7) is 4.32. The van der Waals surface area contributed by atoms with Crippen molar-refractivity contribution < 1.29 is 18.0 Å². The number of nitrogens with zero attached hydrogens (tertiary/aromatic N) is 5. The average molecular weight is 578 g/mol. The molecule has 0 radical (unpaired) electrons. The third kappa shape index (κ3) is 6.15. The fourth-order valence-electron chi connectivity index (χ4n) is 4.85.